The molecule has 0 spiro atoms. The van der Waals surface area contributed by atoms with Gasteiger partial charge in [0.25, 0.3) is 0 Å². The molecule has 0 amide bonds. The minimum atomic E-state index is -0.182. The first-order chi connectivity index (χ1) is 12.1. The first-order valence-corrected chi connectivity index (χ1v) is 8.82. The molecule has 1 aliphatic carbocycles. The zero-order valence-corrected chi connectivity index (χ0v) is 15.7. The summed E-state index contributed by atoms with van der Waals surface area (Å²) >= 11 is 0. The highest BCUT2D eigenvalue weighted by Gasteiger charge is 2.20. The summed E-state index contributed by atoms with van der Waals surface area (Å²) in [7, 11) is 0. The molecule has 6 heteroatoms. The monoisotopic (exact) mass is 372 g/mol. The molecule has 0 aliphatic heterocycles. The van der Waals surface area contributed by atoms with Gasteiger partial charge in [0.15, 0.2) is 0 Å². The van der Waals surface area contributed by atoms with Crippen molar-refractivity contribution in [2.45, 2.75) is 51.2 Å². The fourth-order valence-corrected chi connectivity index (χ4v) is 2.97. The lowest BCUT2D eigenvalue weighted by Gasteiger charge is -2.26. The van der Waals surface area contributed by atoms with Crippen molar-refractivity contribution in [2.24, 2.45) is 0 Å². The van der Waals surface area contributed by atoms with Crippen LogP contribution >= 0.6 is 12.4 Å². The maximum atomic E-state index is 9.64. The van der Waals surface area contributed by atoms with E-state index < -0.39 is 0 Å². The van der Waals surface area contributed by atoms with Crippen LogP contribution in [0.25, 0.3) is 0 Å². The summed E-state index contributed by atoms with van der Waals surface area (Å²) in [5.41, 5.74) is 8.73. The fraction of sp³-hybridized carbons (Fsp3) is 0.400. The summed E-state index contributed by atoms with van der Waals surface area (Å²) in [6, 6.07) is 8.52. The van der Waals surface area contributed by atoms with Gasteiger partial charge in [0, 0.05) is 11.6 Å². The lowest BCUT2D eigenvalue weighted by atomic mass is 9.93. The Balaban J connectivity index is 0.00000243. The lowest BCUT2D eigenvalue weighted by Crippen LogP contribution is -2.29. The van der Waals surface area contributed by atoms with Crippen molar-refractivity contribution in [3.8, 4) is 11.8 Å². The molecule has 0 atom stereocenters. The average molecular weight is 373 g/mol. The van der Waals surface area contributed by atoms with Gasteiger partial charge in [0.05, 0.1) is 17.9 Å². The van der Waals surface area contributed by atoms with Gasteiger partial charge in [-0.3, -0.25) is 0 Å². The molecule has 1 aromatic carbocycles. The minimum absolute atomic E-state index is 0. The van der Waals surface area contributed by atoms with E-state index in [9.17, 15) is 5.11 Å². The van der Waals surface area contributed by atoms with E-state index >= 15 is 0 Å². The third-order valence-corrected chi connectivity index (χ3v) is 4.55. The zero-order valence-electron chi connectivity index (χ0n) is 14.9. The molecule has 2 aromatic rings. The second-order valence-corrected chi connectivity index (χ2v) is 6.44. The molecule has 1 heterocycles. The highest BCUT2D eigenvalue weighted by atomic mass is 35.5. The number of halogens is 1. The molecule has 26 heavy (non-hydrogen) atoms. The molecule has 3 rings (SSSR count). The highest BCUT2D eigenvalue weighted by Crippen LogP contribution is 2.23. The average Bonchev–Trinajstić information content (AvgIpc) is 2.63. The quantitative estimate of drug-likeness (QED) is 0.721. The fourth-order valence-electron chi connectivity index (χ4n) is 2.97. The van der Waals surface area contributed by atoms with Gasteiger partial charge >= 0.3 is 0 Å². The third-order valence-electron chi connectivity index (χ3n) is 4.55. The molecule has 1 aliphatic rings. The van der Waals surface area contributed by atoms with Crippen molar-refractivity contribution in [1.82, 2.24) is 9.97 Å². The molecule has 0 saturated heterocycles. The summed E-state index contributed by atoms with van der Waals surface area (Å²) in [6.45, 7) is 2.13. The predicted molar refractivity (Wildman–Crippen MR) is 107 cm³/mol. The number of benzene rings is 1. The highest BCUT2D eigenvalue weighted by molar-refractivity contribution is 5.85. The van der Waals surface area contributed by atoms with Crippen molar-refractivity contribution >= 4 is 24.2 Å². The van der Waals surface area contributed by atoms with Gasteiger partial charge in [-0.25, -0.2) is 4.98 Å². The van der Waals surface area contributed by atoms with Crippen LogP contribution in [0.15, 0.2) is 30.5 Å². The molecule has 1 fully saturated rings. The van der Waals surface area contributed by atoms with Crippen LogP contribution in [0.5, 0.6) is 0 Å². The van der Waals surface area contributed by atoms with Crippen LogP contribution in [-0.2, 0) is 6.42 Å². The van der Waals surface area contributed by atoms with E-state index in [1.54, 1.807) is 6.20 Å². The Bertz CT molecular complexity index is 775. The number of nitrogens with zero attached hydrogens (tertiary/aromatic N) is 2. The Morgan fingerprint density at radius 3 is 2.50 bits per heavy atom. The predicted octanol–water partition coefficient (Wildman–Crippen LogP) is 3.16. The SMILES string of the molecule is CCc1ccc(C#Cc2cnc(N)nc2NC2CCC(O)CC2)cc1.Cl. The van der Waals surface area contributed by atoms with Crippen molar-refractivity contribution in [2.75, 3.05) is 11.1 Å². The van der Waals surface area contributed by atoms with Crippen LogP contribution in [0.1, 0.15) is 49.3 Å². The number of nitrogens with one attached hydrogen (secondary N) is 1. The summed E-state index contributed by atoms with van der Waals surface area (Å²) in [5, 5.41) is 13.1. The van der Waals surface area contributed by atoms with Gasteiger partial charge in [0.1, 0.15) is 5.82 Å². The number of rotatable bonds is 3. The first kappa shape index (κ1) is 20.0. The van der Waals surface area contributed by atoms with E-state index in [2.05, 4.69) is 46.2 Å². The van der Waals surface area contributed by atoms with E-state index in [1.165, 1.54) is 5.56 Å². The Kier molecular flexibility index (Phi) is 7.26. The van der Waals surface area contributed by atoms with Gasteiger partial charge < -0.3 is 16.2 Å². The topological polar surface area (TPSA) is 84.1 Å². The van der Waals surface area contributed by atoms with Crippen molar-refractivity contribution < 1.29 is 5.11 Å². The number of aromatic nitrogens is 2. The van der Waals surface area contributed by atoms with E-state index in [4.69, 9.17) is 5.73 Å². The number of hydrogen-bond acceptors (Lipinski definition) is 5. The molecule has 4 N–H and O–H groups in total. The number of aryl methyl sites for hydroxylation is 1. The lowest BCUT2D eigenvalue weighted by molar-refractivity contribution is 0.126. The minimum Gasteiger partial charge on any atom is -0.393 e. The van der Waals surface area contributed by atoms with Crippen LogP contribution in [0.2, 0.25) is 0 Å². The smallest absolute Gasteiger partial charge is 0.222 e. The molecule has 5 nitrogen and oxygen atoms in total. The molecule has 0 bridgehead atoms. The van der Waals surface area contributed by atoms with Crippen molar-refractivity contribution in [3.05, 3.63) is 47.2 Å². The first-order valence-electron chi connectivity index (χ1n) is 8.82. The van der Waals surface area contributed by atoms with Gasteiger partial charge in [-0.05, 0) is 49.8 Å². The number of nitrogen functional groups attached to an aromatic ring is 1. The van der Waals surface area contributed by atoms with E-state index in [-0.39, 0.29) is 30.5 Å². The maximum Gasteiger partial charge on any atom is 0.222 e. The maximum absolute atomic E-state index is 9.64. The van der Waals surface area contributed by atoms with Crippen LogP contribution < -0.4 is 11.1 Å². The third kappa shape index (κ3) is 5.35. The molecular formula is C20H25ClN4O. The number of hydrogen-bond donors (Lipinski definition) is 3. The van der Waals surface area contributed by atoms with Crippen LogP contribution in [0, 0.1) is 11.8 Å². The van der Waals surface area contributed by atoms with Gasteiger partial charge in [0.2, 0.25) is 5.95 Å². The Morgan fingerprint density at radius 1 is 1.15 bits per heavy atom. The van der Waals surface area contributed by atoms with E-state index in [0.29, 0.717) is 5.82 Å². The zero-order chi connectivity index (χ0) is 17.6. The van der Waals surface area contributed by atoms with Crippen LogP contribution in [0.3, 0.4) is 0 Å². The normalized spacial score (nSPS) is 19.0. The van der Waals surface area contributed by atoms with Crippen LogP contribution in [0.4, 0.5) is 11.8 Å². The Morgan fingerprint density at radius 2 is 1.85 bits per heavy atom. The molecule has 1 saturated carbocycles. The molecule has 138 valence electrons. The largest absolute Gasteiger partial charge is 0.393 e. The number of aliphatic hydroxyl groups excluding tert-OH is 1. The Labute approximate surface area is 160 Å². The van der Waals surface area contributed by atoms with Gasteiger partial charge in [-0.15, -0.1) is 12.4 Å². The van der Waals surface area contributed by atoms with Gasteiger partial charge in [-0.2, -0.15) is 4.98 Å². The second-order valence-electron chi connectivity index (χ2n) is 6.44. The van der Waals surface area contributed by atoms with Crippen molar-refractivity contribution in [3.63, 3.8) is 0 Å². The van der Waals surface area contributed by atoms with Crippen molar-refractivity contribution in [1.29, 1.82) is 0 Å². The Hall–Kier alpha value is -2.29. The molecular weight excluding hydrogens is 348 g/mol. The number of anilines is 2. The van der Waals surface area contributed by atoms with E-state index in [1.807, 2.05) is 12.1 Å². The number of nitrogens with two attached hydrogens (primary N) is 1. The summed E-state index contributed by atoms with van der Waals surface area (Å²) in [5.74, 6) is 7.22. The molecule has 0 radical (unpaired) electrons. The summed E-state index contributed by atoms with van der Waals surface area (Å²) in [6.07, 6.45) is 5.94. The van der Waals surface area contributed by atoms with Crippen LogP contribution in [-0.4, -0.2) is 27.2 Å². The molecule has 0 unspecified atom stereocenters. The summed E-state index contributed by atoms with van der Waals surface area (Å²) < 4.78 is 0. The van der Waals surface area contributed by atoms with Gasteiger partial charge in [-0.1, -0.05) is 30.9 Å². The van der Waals surface area contributed by atoms with E-state index in [0.717, 1.165) is 43.2 Å². The number of aliphatic hydroxyl groups is 1. The molecule has 1 aromatic heterocycles. The second kappa shape index (κ2) is 9.42. The summed E-state index contributed by atoms with van der Waals surface area (Å²) in [4.78, 5) is 8.39. The standard InChI is InChI=1S/C20H24N4O.ClH/c1-2-14-3-5-15(6-4-14)7-8-16-13-22-20(21)24-19(16)23-17-9-11-18(25)12-10-17;/h3-6,13,17-18,25H,2,9-12H2,1H3,(H3,21,22,23,24);1H.